The highest BCUT2D eigenvalue weighted by molar-refractivity contribution is 5.88. The first-order valence-electron chi connectivity index (χ1n) is 6.26. The van der Waals surface area contributed by atoms with Crippen molar-refractivity contribution in [2.45, 2.75) is 39.8 Å². The number of imidazole rings is 1. The summed E-state index contributed by atoms with van der Waals surface area (Å²) in [5.41, 5.74) is 10.0. The maximum atomic E-state index is 6.00. The summed E-state index contributed by atoms with van der Waals surface area (Å²) >= 11 is 0. The van der Waals surface area contributed by atoms with Crippen molar-refractivity contribution >= 4 is 16.9 Å². The molecule has 0 bridgehead atoms. The molecule has 0 saturated heterocycles. The van der Waals surface area contributed by atoms with Crippen LogP contribution in [0.1, 0.15) is 43.1 Å². The number of pyridine rings is 1. The number of rotatable bonds is 0. The molecule has 0 amide bonds. The van der Waals surface area contributed by atoms with Crippen molar-refractivity contribution in [3.05, 3.63) is 17.1 Å². The monoisotopic (exact) mass is 246 g/mol. The molecule has 3 heterocycles. The number of ether oxygens (including phenoxy) is 1. The summed E-state index contributed by atoms with van der Waals surface area (Å²) in [5.74, 6) is 1.46. The van der Waals surface area contributed by atoms with Crippen LogP contribution in [0.25, 0.3) is 11.0 Å². The highest BCUT2D eigenvalue weighted by Crippen LogP contribution is 2.35. The lowest BCUT2D eigenvalue weighted by Gasteiger charge is -2.27. The Morgan fingerprint density at radius 3 is 2.72 bits per heavy atom. The Hall–Kier alpha value is -1.62. The largest absolute Gasteiger partial charge is 0.382 e. The van der Waals surface area contributed by atoms with Gasteiger partial charge in [-0.05, 0) is 33.3 Å². The number of nitrogen functional groups attached to an aromatic ring is 1. The fraction of sp³-hybridized carbons (Fsp3) is 0.538. The number of hydrogen-bond acceptors (Lipinski definition) is 4. The summed E-state index contributed by atoms with van der Waals surface area (Å²) < 4.78 is 7.97. The topological polar surface area (TPSA) is 66.0 Å². The zero-order valence-corrected chi connectivity index (χ0v) is 11.2. The van der Waals surface area contributed by atoms with Crippen LogP contribution >= 0.6 is 0 Å². The maximum Gasteiger partial charge on any atom is 0.151 e. The second-order valence-corrected chi connectivity index (χ2v) is 5.07. The van der Waals surface area contributed by atoms with E-state index in [-0.39, 0.29) is 12.1 Å². The molecule has 0 fully saturated rings. The minimum Gasteiger partial charge on any atom is -0.382 e. The van der Waals surface area contributed by atoms with Gasteiger partial charge in [-0.2, -0.15) is 0 Å². The Balaban J connectivity index is 2.45. The van der Waals surface area contributed by atoms with Gasteiger partial charge in [0.15, 0.2) is 5.82 Å². The van der Waals surface area contributed by atoms with Crippen LogP contribution in [-0.2, 0) is 4.74 Å². The molecular weight excluding hydrogens is 228 g/mol. The molecule has 1 aliphatic rings. The molecule has 5 nitrogen and oxygen atoms in total. The zero-order chi connectivity index (χ0) is 13.0. The molecule has 0 saturated carbocycles. The lowest BCUT2D eigenvalue weighted by Crippen LogP contribution is -2.24. The van der Waals surface area contributed by atoms with Gasteiger partial charge in [-0.3, -0.25) is 0 Å². The molecule has 0 spiro atoms. The van der Waals surface area contributed by atoms with Gasteiger partial charge in [0.05, 0.1) is 18.2 Å². The summed E-state index contributed by atoms with van der Waals surface area (Å²) in [4.78, 5) is 8.99. The lowest BCUT2D eigenvalue weighted by atomic mass is 10.1. The summed E-state index contributed by atoms with van der Waals surface area (Å²) in [5, 5.41) is 0. The van der Waals surface area contributed by atoms with Crippen LogP contribution in [0.2, 0.25) is 0 Å². The number of hydrogen-bond donors (Lipinski definition) is 1. The summed E-state index contributed by atoms with van der Waals surface area (Å²) in [7, 11) is 0. The SMILES string of the molecule is Cc1nc(N)c2nc3n(c2c1C)[C@@H](C)COC3C. The third kappa shape index (κ3) is 1.37. The first-order valence-corrected chi connectivity index (χ1v) is 6.26. The van der Waals surface area contributed by atoms with E-state index >= 15 is 0 Å². The first kappa shape index (κ1) is 11.5. The normalized spacial score (nSPS) is 23.3. The molecule has 0 aromatic carbocycles. The molecule has 2 aromatic heterocycles. The quantitative estimate of drug-likeness (QED) is 0.774. The fourth-order valence-corrected chi connectivity index (χ4v) is 2.64. The average molecular weight is 246 g/mol. The van der Waals surface area contributed by atoms with Gasteiger partial charge in [0.1, 0.15) is 17.4 Å². The molecule has 0 radical (unpaired) electrons. The van der Waals surface area contributed by atoms with E-state index in [0.717, 1.165) is 28.1 Å². The van der Waals surface area contributed by atoms with Crippen molar-refractivity contribution in [3.63, 3.8) is 0 Å². The molecule has 18 heavy (non-hydrogen) atoms. The number of fused-ring (bicyclic) bond motifs is 3. The van der Waals surface area contributed by atoms with E-state index in [4.69, 9.17) is 10.5 Å². The van der Waals surface area contributed by atoms with Gasteiger partial charge < -0.3 is 15.0 Å². The van der Waals surface area contributed by atoms with Gasteiger partial charge in [0.25, 0.3) is 0 Å². The molecule has 2 atom stereocenters. The van der Waals surface area contributed by atoms with Gasteiger partial charge in [0.2, 0.25) is 0 Å². The molecular formula is C13H18N4O. The minimum absolute atomic E-state index is 0.00714. The van der Waals surface area contributed by atoms with Crippen molar-refractivity contribution < 1.29 is 4.74 Å². The van der Waals surface area contributed by atoms with E-state index in [1.165, 1.54) is 0 Å². The number of anilines is 1. The molecule has 96 valence electrons. The summed E-state index contributed by atoms with van der Waals surface area (Å²) in [6, 6.07) is 0.279. The number of aryl methyl sites for hydroxylation is 2. The highest BCUT2D eigenvalue weighted by atomic mass is 16.5. The second-order valence-electron chi connectivity index (χ2n) is 5.07. The zero-order valence-electron chi connectivity index (χ0n) is 11.2. The third-order valence-electron chi connectivity index (χ3n) is 3.76. The van der Waals surface area contributed by atoms with E-state index in [9.17, 15) is 0 Å². The van der Waals surface area contributed by atoms with E-state index < -0.39 is 0 Å². The van der Waals surface area contributed by atoms with Crippen LogP contribution < -0.4 is 5.73 Å². The number of nitrogens with zero attached hydrogens (tertiary/aromatic N) is 3. The van der Waals surface area contributed by atoms with Crippen LogP contribution in [0, 0.1) is 13.8 Å². The van der Waals surface area contributed by atoms with E-state index in [0.29, 0.717) is 12.4 Å². The van der Waals surface area contributed by atoms with Crippen molar-refractivity contribution in [1.29, 1.82) is 0 Å². The van der Waals surface area contributed by atoms with Gasteiger partial charge in [0, 0.05) is 5.69 Å². The minimum atomic E-state index is 0.00714. The number of nitrogens with two attached hydrogens (primary N) is 1. The predicted molar refractivity (Wildman–Crippen MR) is 70.5 cm³/mol. The molecule has 1 aliphatic heterocycles. The van der Waals surface area contributed by atoms with E-state index in [1.54, 1.807) is 0 Å². The molecule has 2 N–H and O–H groups in total. The van der Waals surface area contributed by atoms with E-state index in [2.05, 4.69) is 28.4 Å². The number of aromatic nitrogens is 3. The van der Waals surface area contributed by atoms with Crippen molar-refractivity contribution in [1.82, 2.24) is 14.5 Å². The maximum absolute atomic E-state index is 6.00. The van der Waals surface area contributed by atoms with Crippen LogP contribution in [0.15, 0.2) is 0 Å². The Morgan fingerprint density at radius 2 is 2.00 bits per heavy atom. The third-order valence-corrected chi connectivity index (χ3v) is 3.76. The van der Waals surface area contributed by atoms with Crippen LogP contribution in [0.3, 0.4) is 0 Å². The first-order chi connectivity index (χ1) is 8.50. The van der Waals surface area contributed by atoms with Crippen molar-refractivity contribution in [2.24, 2.45) is 0 Å². The predicted octanol–water partition coefficient (Wildman–Crippen LogP) is 2.28. The Kier molecular flexibility index (Phi) is 2.35. The Bertz CT molecular complexity index is 632. The van der Waals surface area contributed by atoms with Crippen molar-refractivity contribution in [2.75, 3.05) is 12.3 Å². The van der Waals surface area contributed by atoms with E-state index in [1.807, 2.05) is 13.8 Å². The van der Waals surface area contributed by atoms with Gasteiger partial charge in [-0.1, -0.05) is 0 Å². The van der Waals surface area contributed by atoms with Crippen LogP contribution in [0.5, 0.6) is 0 Å². The Morgan fingerprint density at radius 1 is 1.28 bits per heavy atom. The van der Waals surface area contributed by atoms with Gasteiger partial charge in [-0.25, -0.2) is 9.97 Å². The molecule has 3 rings (SSSR count). The fourth-order valence-electron chi connectivity index (χ4n) is 2.64. The molecule has 1 unspecified atom stereocenters. The van der Waals surface area contributed by atoms with Crippen molar-refractivity contribution in [3.8, 4) is 0 Å². The van der Waals surface area contributed by atoms with Crippen LogP contribution in [-0.4, -0.2) is 21.1 Å². The molecule has 5 heteroatoms. The van der Waals surface area contributed by atoms with Crippen LogP contribution in [0.4, 0.5) is 5.82 Å². The second kappa shape index (κ2) is 3.68. The highest BCUT2D eigenvalue weighted by Gasteiger charge is 2.28. The smallest absolute Gasteiger partial charge is 0.151 e. The lowest BCUT2D eigenvalue weighted by molar-refractivity contribution is 0.0134. The van der Waals surface area contributed by atoms with Gasteiger partial charge >= 0.3 is 0 Å². The molecule has 0 aliphatic carbocycles. The summed E-state index contributed by atoms with van der Waals surface area (Å²) in [6.07, 6.45) is 0.00714. The van der Waals surface area contributed by atoms with Gasteiger partial charge in [-0.15, -0.1) is 0 Å². The molecule has 2 aromatic rings. The average Bonchev–Trinajstić information content (AvgIpc) is 2.73. The standard InChI is InChI=1S/C13H18N4O/c1-6-5-18-9(4)13-16-10-11(17(6)13)7(2)8(3)15-12(10)14/h6,9H,5H2,1-4H3,(H2,14,15)/t6-,9?/m0/s1. The Labute approximate surface area is 106 Å². The summed E-state index contributed by atoms with van der Waals surface area (Å²) in [6.45, 7) is 8.93.